The lowest BCUT2D eigenvalue weighted by Crippen LogP contribution is -2.60. The van der Waals surface area contributed by atoms with Crippen molar-refractivity contribution in [1.29, 1.82) is 0 Å². The first kappa shape index (κ1) is 28.2. The first-order valence-electron chi connectivity index (χ1n) is 12.8. The van der Waals surface area contributed by atoms with Crippen molar-refractivity contribution in [2.24, 2.45) is 0 Å². The fourth-order valence-corrected chi connectivity index (χ4v) is 5.59. The first-order chi connectivity index (χ1) is 17.9. The highest BCUT2D eigenvalue weighted by atomic mass is 79.9. The van der Waals surface area contributed by atoms with Gasteiger partial charge < -0.3 is 23.4 Å². The summed E-state index contributed by atoms with van der Waals surface area (Å²) in [5.41, 5.74) is 3.28. The van der Waals surface area contributed by atoms with Crippen LogP contribution in [-0.2, 0) is 43.2 Å². The number of halogens is 1. The maximum absolute atomic E-state index is 6.60. The second-order valence-electron chi connectivity index (χ2n) is 10.2. The zero-order valence-electron chi connectivity index (χ0n) is 21.8. The second kappa shape index (κ2) is 13.8. The van der Waals surface area contributed by atoms with E-state index in [9.17, 15) is 0 Å². The third-order valence-corrected chi connectivity index (χ3v) is 7.88. The predicted molar refractivity (Wildman–Crippen MR) is 152 cm³/mol. The van der Waals surface area contributed by atoms with Gasteiger partial charge in [0.2, 0.25) is 0 Å². The molecule has 3 aromatic rings. The van der Waals surface area contributed by atoms with Crippen molar-refractivity contribution in [1.82, 2.24) is 0 Å². The Kier molecular flexibility index (Phi) is 10.5. The predicted octanol–water partition coefficient (Wildman–Crippen LogP) is 6.71. The fourth-order valence-electron chi connectivity index (χ4n) is 4.20. The number of hydrogen-bond acceptors (Lipinski definition) is 5. The summed E-state index contributed by atoms with van der Waals surface area (Å²) in [6, 6.07) is 30.5. The molecule has 37 heavy (non-hydrogen) atoms. The van der Waals surface area contributed by atoms with E-state index in [1.165, 1.54) is 0 Å². The normalized spacial score (nSPS) is 24.2. The Morgan fingerprint density at radius 1 is 0.622 bits per heavy atom. The van der Waals surface area contributed by atoms with Gasteiger partial charge in [-0.05, 0) is 36.3 Å². The van der Waals surface area contributed by atoms with E-state index in [1.54, 1.807) is 0 Å². The van der Waals surface area contributed by atoms with Crippen molar-refractivity contribution >= 4 is 24.2 Å². The van der Waals surface area contributed by atoms with Gasteiger partial charge in [-0.3, -0.25) is 0 Å². The highest BCUT2D eigenvalue weighted by Gasteiger charge is 2.48. The summed E-state index contributed by atoms with van der Waals surface area (Å²) in [4.78, 5) is 0. The molecule has 1 fully saturated rings. The van der Waals surface area contributed by atoms with Gasteiger partial charge in [-0.1, -0.05) is 107 Å². The van der Waals surface area contributed by atoms with Gasteiger partial charge in [0.15, 0.2) is 8.32 Å². The molecule has 198 valence electrons. The molecule has 0 aromatic heterocycles. The minimum atomic E-state index is -1.77. The van der Waals surface area contributed by atoms with Gasteiger partial charge in [0.05, 0.1) is 26.4 Å². The summed E-state index contributed by atoms with van der Waals surface area (Å²) in [7, 11) is -1.77. The van der Waals surface area contributed by atoms with Gasteiger partial charge in [0, 0.05) is 0 Å². The molecule has 0 saturated carbocycles. The Morgan fingerprint density at radius 3 is 1.46 bits per heavy atom. The molecule has 3 aromatic carbocycles. The molecule has 5 nitrogen and oxygen atoms in total. The van der Waals surface area contributed by atoms with Crippen molar-refractivity contribution in [3.05, 3.63) is 108 Å². The Bertz CT molecular complexity index is 1050. The molecule has 0 N–H and O–H groups in total. The molecule has 1 heterocycles. The van der Waals surface area contributed by atoms with E-state index in [0.29, 0.717) is 26.4 Å². The molecule has 0 amide bonds. The molecule has 0 spiro atoms. The maximum atomic E-state index is 6.60. The third-order valence-electron chi connectivity index (χ3n) is 6.11. The van der Waals surface area contributed by atoms with E-state index < -0.39 is 8.32 Å². The molecule has 0 radical (unpaired) electrons. The third kappa shape index (κ3) is 8.85. The molecule has 7 heteroatoms. The molecular formula is C30H37BrO5Si. The molecule has 1 saturated heterocycles. The quantitative estimate of drug-likeness (QED) is 0.175. The lowest BCUT2D eigenvalue weighted by molar-refractivity contribution is -0.249. The zero-order valence-corrected chi connectivity index (χ0v) is 24.4. The standard InChI is InChI=1S/C30H37BrO5Si/c1-37(2,3)35-22-26-27(32-19-23-13-7-4-8-14-23)28(33-20-24-15-9-5-10-16-24)29(30(31)36-26)34-21-25-17-11-6-12-18-25/h4-18,26-30H,19-22H2,1-3H3/t26-,27-,28+,29-,30+/m1/s1. The van der Waals surface area contributed by atoms with E-state index >= 15 is 0 Å². The van der Waals surface area contributed by atoms with E-state index in [0.717, 1.165) is 16.7 Å². The second-order valence-corrected chi connectivity index (χ2v) is 15.6. The largest absolute Gasteiger partial charge is 0.415 e. The summed E-state index contributed by atoms with van der Waals surface area (Å²) >= 11 is 3.75. The minimum absolute atomic E-state index is 0.308. The molecule has 5 atom stereocenters. The molecule has 1 aliphatic heterocycles. The van der Waals surface area contributed by atoms with E-state index in [1.807, 2.05) is 54.6 Å². The fraction of sp³-hybridized carbons (Fsp3) is 0.400. The summed E-state index contributed by atoms with van der Waals surface area (Å²) in [5, 5.41) is -0.371. The monoisotopic (exact) mass is 584 g/mol. The lowest BCUT2D eigenvalue weighted by atomic mass is 9.99. The number of alkyl halides is 1. The van der Waals surface area contributed by atoms with Gasteiger partial charge in [-0.2, -0.15) is 0 Å². The minimum Gasteiger partial charge on any atom is -0.415 e. The highest BCUT2D eigenvalue weighted by molar-refractivity contribution is 9.09. The van der Waals surface area contributed by atoms with Crippen LogP contribution in [-0.4, -0.2) is 44.4 Å². The van der Waals surface area contributed by atoms with Crippen molar-refractivity contribution in [3.8, 4) is 0 Å². The topological polar surface area (TPSA) is 46.2 Å². The van der Waals surface area contributed by atoms with Gasteiger partial charge in [0.1, 0.15) is 29.4 Å². The van der Waals surface area contributed by atoms with Crippen LogP contribution < -0.4 is 0 Å². The Morgan fingerprint density at radius 2 is 1.03 bits per heavy atom. The van der Waals surface area contributed by atoms with Crippen LogP contribution in [0.1, 0.15) is 16.7 Å². The molecule has 4 rings (SSSR count). The van der Waals surface area contributed by atoms with Crippen LogP contribution in [0.25, 0.3) is 0 Å². The van der Waals surface area contributed by atoms with E-state index in [4.69, 9.17) is 23.4 Å². The molecule has 0 unspecified atom stereocenters. The van der Waals surface area contributed by atoms with Crippen LogP contribution in [0.2, 0.25) is 19.6 Å². The zero-order chi connectivity index (χ0) is 26.1. The maximum Gasteiger partial charge on any atom is 0.183 e. The number of rotatable bonds is 12. The van der Waals surface area contributed by atoms with E-state index in [2.05, 4.69) is 72.0 Å². The lowest BCUT2D eigenvalue weighted by Gasteiger charge is -2.45. The van der Waals surface area contributed by atoms with E-state index in [-0.39, 0.29) is 29.4 Å². The first-order valence-corrected chi connectivity index (χ1v) is 17.1. The average Bonchev–Trinajstić information content (AvgIpc) is 2.90. The van der Waals surface area contributed by atoms with Crippen molar-refractivity contribution in [2.75, 3.05) is 6.61 Å². The van der Waals surface area contributed by atoms with Gasteiger partial charge in [-0.15, -0.1) is 0 Å². The highest BCUT2D eigenvalue weighted by Crippen LogP contribution is 2.33. The Balaban J connectivity index is 1.57. The van der Waals surface area contributed by atoms with Crippen LogP contribution in [0.3, 0.4) is 0 Å². The molecular weight excluding hydrogens is 548 g/mol. The average molecular weight is 586 g/mol. The van der Waals surface area contributed by atoms with Gasteiger partial charge in [0.25, 0.3) is 0 Å². The smallest absolute Gasteiger partial charge is 0.183 e. The molecule has 1 aliphatic rings. The van der Waals surface area contributed by atoms with Crippen molar-refractivity contribution in [3.63, 3.8) is 0 Å². The Hall–Kier alpha value is -1.84. The van der Waals surface area contributed by atoms with Crippen LogP contribution in [0.4, 0.5) is 0 Å². The Labute approximate surface area is 230 Å². The summed E-state index contributed by atoms with van der Waals surface area (Å²) in [5.74, 6) is 0. The molecule has 0 aliphatic carbocycles. The summed E-state index contributed by atoms with van der Waals surface area (Å²) < 4.78 is 32.4. The van der Waals surface area contributed by atoms with Crippen LogP contribution in [0.5, 0.6) is 0 Å². The van der Waals surface area contributed by atoms with Crippen molar-refractivity contribution < 1.29 is 23.4 Å². The molecule has 0 bridgehead atoms. The summed E-state index contributed by atoms with van der Waals surface area (Å²) in [6.07, 6.45) is -1.44. The van der Waals surface area contributed by atoms with Crippen LogP contribution in [0.15, 0.2) is 91.0 Å². The number of ether oxygens (including phenoxy) is 4. The number of hydrogen-bond donors (Lipinski definition) is 0. The van der Waals surface area contributed by atoms with Gasteiger partial charge in [-0.25, -0.2) is 0 Å². The summed E-state index contributed by atoms with van der Waals surface area (Å²) in [6.45, 7) is 8.31. The van der Waals surface area contributed by atoms with Crippen molar-refractivity contribution in [2.45, 2.75) is 68.9 Å². The van der Waals surface area contributed by atoms with Crippen LogP contribution >= 0.6 is 15.9 Å². The SMILES string of the molecule is C[Si](C)(C)OC[C@H]1O[C@H](Br)[C@H](OCc2ccccc2)[C@@H](OCc2ccccc2)[C@@H]1OCc1ccccc1. The number of benzene rings is 3. The van der Waals surface area contributed by atoms with Crippen LogP contribution in [0, 0.1) is 0 Å². The van der Waals surface area contributed by atoms with Gasteiger partial charge >= 0.3 is 0 Å².